The number of pyridine rings is 1. The van der Waals surface area contributed by atoms with E-state index < -0.39 is 4.92 Å². The molecule has 2 aromatic heterocycles. The molecule has 0 aliphatic carbocycles. The van der Waals surface area contributed by atoms with Crippen LogP contribution in [0.2, 0.25) is 0 Å². The highest BCUT2D eigenvalue weighted by atomic mass is 32.2. The van der Waals surface area contributed by atoms with E-state index in [1.807, 2.05) is 17.8 Å². The number of imidazole rings is 1. The SMILES string of the molecule is Cn1ccnc1SCCNc1ncccc1[N+](=O)[O-]. The van der Waals surface area contributed by atoms with Gasteiger partial charge in [-0.3, -0.25) is 10.1 Å². The van der Waals surface area contributed by atoms with Gasteiger partial charge in [-0.1, -0.05) is 11.8 Å². The first-order valence-electron chi connectivity index (χ1n) is 5.62. The van der Waals surface area contributed by atoms with Gasteiger partial charge in [0.2, 0.25) is 5.82 Å². The maximum absolute atomic E-state index is 10.8. The van der Waals surface area contributed by atoms with Crippen LogP contribution in [0.15, 0.2) is 35.9 Å². The fraction of sp³-hybridized carbons (Fsp3) is 0.273. The molecule has 7 nitrogen and oxygen atoms in total. The number of rotatable bonds is 6. The topological polar surface area (TPSA) is 85.9 Å². The van der Waals surface area contributed by atoms with E-state index in [9.17, 15) is 10.1 Å². The Kier molecular flexibility index (Phi) is 4.35. The number of nitro groups is 1. The number of thioether (sulfide) groups is 1. The molecule has 0 amide bonds. The summed E-state index contributed by atoms with van der Waals surface area (Å²) in [5.74, 6) is 1.05. The largest absolute Gasteiger partial charge is 0.363 e. The molecule has 0 spiro atoms. The Morgan fingerprint density at radius 1 is 1.47 bits per heavy atom. The third-order valence-corrected chi connectivity index (χ3v) is 3.45. The van der Waals surface area contributed by atoms with Crippen LogP contribution in [0.25, 0.3) is 0 Å². The number of nitrogens with one attached hydrogen (secondary N) is 1. The van der Waals surface area contributed by atoms with Gasteiger partial charge in [-0.2, -0.15) is 0 Å². The smallest absolute Gasteiger partial charge is 0.311 e. The van der Waals surface area contributed by atoms with Crippen molar-refractivity contribution in [3.8, 4) is 0 Å². The Morgan fingerprint density at radius 2 is 2.32 bits per heavy atom. The lowest BCUT2D eigenvalue weighted by Gasteiger charge is -2.05. The quantitative estimate of drug-likeness (QED) is 0.376. The molecular formula is C11H13N5O2S. The highest BCUT2D eigenvalue weighted by Crippen LogP contribution is 2.20. The fourth-order valence-corrected chi connectivity index (χ4v) is 2.27. The molecule has 8 heteroatoms. The average molecular weight is 279 g/mol. The van der Waals surface area contributed by atoms with Crippen molar-refractivity contribution in [1.82, 2.24) is 14.5 Å². The number of aromatic nitrogens is 3. The summed E-state index contributed by atoms with van der Waals surface area (Å²) < 4.78 is 1.92. The van der Waals surface area contributed by atoms with Gasteiger partial charge in [0.25, 0.3) is 0 Å². The van der Waals surface area contributed by atoms with Crippen molar-refractivity contribution in [2.24, 2.45) is 7.05 Å². The third kappa shape index (κ3) is 3.44. The van der Waals surface area contributed by atoms with Crippen LogP contribution in [0, 0.1) is 10.1 Å². The molecule has 0 bridgehead atoms. The summed E-state index contributed by atoms with van der Waals surface area (Å²) in [6.07, 6.45) is 5.14. The predicted octanol–water partition coefficient (Wildman–Crippen LogP) is 1.93. The lowest BCUT2D eigenvalue weighted by molar-refractivity contribution is -0.384. The first-order valence-corrected chi connectivity index (χ1v) is 6.60. The molecule has 0 radical (unpaired) electrons. The van der Waals surface area contributed by atoms with Crippen molar-refractivity contribution in [2.75, 3.05) is 17.6 Å². The number of hydrogen-bond acceptors (Lipinski definition) is 6. The molecule has 2 rings (SSSR count). The fourth-order valence-electron chi connectivity index (χ4n) is 1.48. The molecule has 0 aromatic carbocycles. The zero-order valence-electron chi connectivity index (χ0n) is 10.3. The summed E-state index contributed by atoms with van der Waals surface area (Å²) in [5, 5.41) is 14.7. The van der Waals surface area contributed by atoms with Crippen LogP contribution in [0.4, 0.5) is 11.5 Å². The van der Waals surface area contributed by atoms with E-state index in [-0.39, 0.29) is 5.69 Å². The molecule has 0 saturated heterocycles. The molecule has 2 aromatic rings. The summed E-state index contributed by atoms with van der Waals surface area (Å²) in [4.78, 5) is 18.5. The monoisotopic (exact) mass is 279 g/mol. The molecule has 0 atom stereocenters. The lowest BCUT2D eigenvalue weighted by atomic mass is 10.4. The van der Waals surface area contributed by atoms with Crippen LogP contribution in [-0.2, 0) is 7.05 Å². The second-order valence-electron chi connectivity index (χ2n) is 3.72. The first kappa shape index (κ1) is 13.3. The van der Waals surface area contributed by atoms with E-state index in [1.54, 1.807) is 24.0 Å². The lowest BCUT2D eigenvalue weighted by Crippen LogP contribution is -2.08. The molecule has 0 aliphatic heterocycles. The number of hydrogen-bond donors (Lipinski definition) is 1. The van der Waals surface area contributed by atoms with E-state index >= 15 is 0 Å². The summed E-state index contributed by atoms with van der Waals surface area (Å²) in [7, 11) is 1.92. The molecule has 2 heterocycles. The number of anilines is 1. The van der Waals surface area contributed by atoms with Gasteiger partial charge in [0.15, 0.2) is 5.16 Å². The van der Waals surface area contributed by atoms with Gasteiger partial charge in [0.05, 0.1) is 4.92 Å². The molecule has 0 saturated carbocycles. The minimum Gasteiger partial charge on any atom is -0.363 e. The van der Waals surface area contributed by atoms with Crippen molar-refractivity contribution >= 4 is 23.3 Å². The van der Waals surface area contributed by atoms with Gasteiger partial charge in [-0.25, -0.2) is 9.97 Å². The number of aryl methyl sites for hydroxylation is 1. The molecular weight excluding hydrogens is 266 g/mol. The Hall–Kier alpha value is -2.09. The van der Waals surface area contributed by atoms with Crippen molar-refractivity contribution in [1.29, 1.82) is 0 Å². The van der Waals surface area contributed by atoms with E-state index in [1.165, 1.54) is 12.3 Å². The number of nitrogens with zero attached hydrogens (tertiary/aromatic N) is 4. The molecule has 0 aliphatic rings. The maximum atomic E-state index is 10.8. The molecule has 19 heavy (non-hydrogen) atoms. The zero-order valence-corrected chi connectivity index (χ0v) is 11.1. The van der Waals surface area contributed by atoms with Gasteiger partial charge in [0.1, 0.15) is 0 Å². The Labute approximate surface area is 114 Å². The van der Waals surface area contributed by atoms with Crippen LogP contribution in [-0.4, -0.2) is 31.8 Å². The molecule has 1 N–H and O–H groups in total. The third-order valence-electron chi connectivity index (χ3n) is 2.39. The van der Waals surface area contributed by atoms with Crippen LogP contribution in [0.5, 0.6) is 0 Å². The van der Waals surface area contributed by atoms with Crippen LogP contribution >= 0.6 is 11.8 Å². The van der Waals surface area contributed by atoms with E-state index in [0.29, 0.717) is 12.4 Å². The Balaban J connectivity index is 1.86. The van der Waals surface area contributed by atoms with Gasteiger partial charge in [-0.05, 0) is 6.07 Å². The first-order chi connectivity index (χ1) is 9.18. The molecule has 0 unspecified atom stereocenters. The van der Waals surface area contributed by atoms with Crippen molar-refractivity contribution in [3.63, 3.8) is 0 Å². The second-order valence-corrected chi connectivity index (χ2v) is 4.79. The zero-order chi connectivity index (χ0) is 13.7. The minimum atomic E-state index is -0.443. The van der Waals surface area contributed by atoms with Crippen LogP contribution < -0.4 is 5.32 Å². The summed E-state index contributed by atoms with van der Waals surface area (Å²) in [6.45, 7) is 0.579. The van der Waals surface area contributed by atoms with Crippen LogP contribution in [0.3, 0.4) is 0 Å². The van der Waals surface area contributed by atoms with Gasteiger partial charge in [0, 0.05) is 44.0 Å². The van der Waals surface area contributed by atoms with E-state index in [0.717, 1.165) is 10.9 Å². The normalized spacial score (nSPS) is 10.4. The summed E-state index contributed by atoms with van der Waals surface area (Å²) in [5.41, 5.74) is -0.00973. The van der Waals surface area contributed by atoms with Gasteiger partial charge in [-0.15, -0.1) is 0 Å². The highest BCUT2D eigenvalue weighted by Gasteiger charge is 2.13. The molecule has 0 fully saturated rings. The highest BCUT2D eigenvalue weighted by molar-refractivity contribution is 7.99. The van der Waals surface area contributed by atoms with Crippen LogP contribution in [0.1, 0.15) is 0 Å². The van der Waals surface area contributed by atoms with Crippen molar-refractivity contribution < 1.29 is 4.92 Å². The summed E-state index contributed by atoms with van der Waals surface area (Å²) in [6, 6.07) is 2.98. The van der Waals surface area contributed by atoms with Gasteiger partial charge >= 0.3 is 5.69 Å². The van der Waals surface area contributed by atoms with E-state index in [2.05, 4.69) is 15.3 Å². The Bertz CT molecular complexity index is 572. The minimum absolute atomic E-state index is 0.00973. The predicted molar refractivity (Wildman–Crippen MR) is 73.3 cm³/mol. The molecule has 100 valence electrons. The second kappa shape index (κ2) is 6.19. The average Bonchev–Trinajstić information content (AvgIpc) is 2.80. The van der Waals surface area contributed by atoms with E-state index in [4.69, 9.17) is 0 Å². The summed E-state index contributed by atoms with van der Waals surface area (Å²) >= 11 is 1.58. The Morgan fingerprint density at radius 3 is 3.00 bits per heavy atom. The van der Waals surface area contributed by atoms with Crippen molar-refractivity contribution in [2.45, 2.75) is 5.16 Å². The maximum Gasteiger partial charge on any atom is 0.311 e. The standard InChI is InChI=1S/C11H13N5O2S/c1-15-7-5-14-11(15)19-8-6-13-10-9(16(17)18)3-2-4-12-10/h2-5,7H,6,8H2,1H3,(H,12,13). The van der Waals surface area contributed by atoms with Crippen molar-refractivity contribution in [3.05, 3.63) is 40.8 Å². The van der Waals surface area contributed by atoms with Gasteiger partial charge < -0.3 is 9.88 Å².